The highest BCUT2D eigenvalue weighted by molar-refractivity contribution is 5.83. The van der Waals surface area contributed by atoms with Crippen LogP contribution in [0, 0.1) is 0 Å². The van der Waals surface area contributed by atoms with Crippen molar-refractivity contribution in [3.8, 4) is 0 Å². The smallest absolute Gasteiger partial charge is 0.195 e. The molecule has 0 spiro atoms. The molecule has 0 unspecified atom stereocenters. The van der Waals surface area contributed by atoms with Gasteiger partial charge in [0.05, 0.1) is 18.8 Å². The summed E-state index contributed by atoms with van der Waals surface area (Å²) in [5.74, 6) is -0.891. The Morgan fingerprint density at radius 2 is 1.88 bits per heavy atom. The Balaban J connectivity index is 2.29. The minimum atomic E-state index is -0.891. The molecule has 3 heteroatoms. The van der Waals surface area contributed by atoms with Crippen LogP contribution in [0.5, 0.6) is 0 Å². The van der Waals surface area contributed by atoms with E-state index in [-0.39, 0.29) is 0 Å². The van der Waals surface area contributed by atoms with Crippen LogP contribution in [0.3, 0.4) is 0 Å². The number of ether oxygens (including phenoxy) is 2. The van der Waals surface area contributed by atoms with Gasteiger partial charge < -0.3 is 9.47 Å². The Kier molecular flexibility index (Phi) is 3.17. The van der Waals surface area contributed by atoms with Crippen LogP contribution < -0.4 is 0 Å². The third kappa shape index (κ3) is 2.21. The molecule has 1 aliphatic rings. The summed E-state index contributed by atoms with van der Waals surface area (Å²) < 4.78 is 10.9. The van der Waals surface area contributed by atoms with Crippen molar-refractivity contribution in [2.75, 3.05) is 13.2 Å². The first-order valence-corrected chi connectivity index (χ1v) is 5.25. The molecule has 1 fully saturated rings. The predicted octanol–water partition coefficient (Wildman–Crippen LogP) is 2.03. The zero-order valence-electron chi connectivity index (χ0n) is 9.18. The Morgan fingerprint density at radius 1 is 1.25 bits per heavy atom. The Morgan fingerprint density at radius 3 is 2.44 bits per heavy atom. The maximum Gasteiger partial charge on any atom is 0.195 e. The second-order valence-electron chi connectivity index (χ2n) is 3.77. The first-order chi connectivity index (χ1) is 7.74. The van der Waals surface area contributed by atoms with Crippen molar-refractivity contribution in [3.05, 3.63) is 41.5 Å². The highest BCUT2D eigenvalue weighted by atomic mass is 16.7. The lowest BCUT2D eigenvalue weighted by Gasteiger charge is -2.22. The molecule has 1 aromatic rings. The molecule has 2 rings (SSSR count). The maximum absolute atomic E-state index is 11.1. The van der Waals surface area contributed by atoms with Gasteiger partial charge in [-0.3, -0.25) is 4.79 Å². The summed E-state index contributed by atoms with van der Waals surface area (Å²) in [6.07, 6.45) is 2.58. The van der Waals surface area contributed by atoms with Crippen LogP contribution in [-0.2, 0) is 14.3 Å². The summed E-state index contributed by atoms with van der Waals surface area (Å²) in [4.78, 5) is 11.1. The van der Waals surface area contributed by atoms with Gasteiger partial charge in [-0.15, -0.1) is 0 Å². The number of hydrogen-bond donors (Lipinski definition) is 0. The fourth-order valence-electron chi connectivity index (χ4n) is 1.68. The van der Waals surface area contributed by atoms with Gasteiger partial charge in [-0.1, -0.05) is 30.3 Å². The van der Waals surface area contributed by atoms with Crippen molar-refractivity contribution in [2.24, 2.45) is 0 Å². The molecular formula is C13H14O3. The van der Waals surface area contributed by atoms with Crippen LogP contribution in [0.2, 0.25) is 0 Å². The van der Waals surface area contributed by atoms with Gasteiger partial charge in [0, 0.05) is 0 Å². The number of carbonyl (C=O) groups is 1. The molecule has 0 radical (unpaired) electrons. The Hall–Kier alpha value is -1.45. The van der Waals surface area contributed by atoms with Gasteiger partial charge in [0.1, 0.15) is 0 Å². The van der Waals surface area contributed by atoms with E-state index in [1.54, 1.807) is 13.0 Å². The highest BCUT2D eigenvalue weighted by Gasteiger charge is 2.35. The van der Waals surface area contributed by atoms with E-state index >= 15 is 0 Å². The van der Waals surface area contributed by atoms with Gasteiger partial charge in [0.25, 0.3) is 0 Å². The monoisotopic (exact) mass is 218 g/mol. The SMILES string of the molecule is CC1(/C(C=O)=C/c2ccccc2)OCCO1. The van der Waals surface area contributed by atoms with Crippen LogP contribution in [0.1, 0.15) is 12.5 Å². The van der Waals surface area contributed by atoms with Crippen molar-refractivity contribution in [2.45, 2.75) is 12.7 Å². The average Bonchev–Trinajstić information content (AvgIpc) is 2.75. The van der Waals surface area contributed by atoms with E-state index in [2.05, 4.69) is 0 Å². The lowest BCUT2D eigenvalue weighted by Crippen LogP contribution is -2.29. The summed E-state index contributed by atoms with van der Waals surface area (Å²) in [6.45, 7) is 2.82. The first-order valence-electron chi connectivity index (χ1n) is 5.25. The molecule has 1 saturated heterocycles. The molecule has 3 nitrogen and oxygen atoms in total. The molecule has 1 aromatic carbocycles. The van der Waals surface area contributed by atoms with E-state index in [4.69, 9.17) is 9.47 Å². The summed E-state index contributed by atoms with van der Waals surface area (Å²) in [5, 5.41) is 0. The van der Waals surface area contributed by atoms with Crippen LogP contribution >= 0.6 is 0 Å². The molecular weight excluding hydrogens is 204 g/mol. The Bertz CT molecular complexity index is 389. The standard InChI is InChI=1S/C13H14O3/c1-13(15-7-8-16-13)12(10-14)9-11-5-3-2-4-6-11/h2-6,9-10H,7-8H2,1H3/b12-9+. The van der Waals surface area contributed by atoms with Crippen LogP contribution in [0.15, 0.2) is 35.9 Å². The molecule has 1 heterocycles. The molecule has 0 aromatic heterocycles. The second-order valence-corrected chi connectivity index (χ2v) is 3.77. The van der Waals surface area contributed by atoms with Crippen molar-refractivity contribution < 1.29 is 14.3 Å². The number of rotatable bonds is 3. The third-order valence-electron chi connectivity index (χ3n) is 2.61. The molecule has 0 aliphatic carbocycles. The molecule has 16 heavy (non-hydrogen) atoms. The van der Waals surface area contributed by atoms with E-state index in [0.717, 1.165) is 11.8 Å². The van der Waals surface area contributed by atoms with Gasteiger partial charge in [0.15, 0.2) is 12.1 Å². The fourth-order valence-corrected chi connectivity index (χ4v) is 1.68. The topological polar surface area (TPSA) is 35.5 Å². The zero-order chi connectivity index (χ0) is 11.4. The summed E-state index contributed by atoms with van der Waals surface area (Å²) in [6, 6.07) is 9.64. The summed E-state index contributed by atoms with van der Waals surface area (Å²) >= 11 is 0. The largest absolute Gasteiger partial charge is 0.344 e. The highest BCUT2D eigenvalue weighted by Crippen LogP contribution is 2.27. The first kappa shape index (κ1) is 11.0. The van der Waals surface area contributed by atoms with Gasteiger partial charge in [-0.25, -0.2) is 0 Å². The van der Waals surface area contributed by atoms with Crippen molar-refractivity contribution in [1.82, 2.24) is 0 Å². The second kappa shape index (κ2) is 4.60. The molecule has 0 saturated carbocycles. The molecule has 0 amide bonds. The zero-order valence-corrected chi connectivity index (χ0v) is 9.18. The number of benzene rings is 1. The normalized spacial score (nSPS) is 19.7. The predicted molar refractivity (Wildman–Crippen MR) is 60.8 cm³/mol. The quantitative estimate of drug-likeness (QED) is 0.575. The minimum Gasteiger partial charge on any atom is -0.344 e. The van der Waals surface area contributed by atoms with E-state index in [1.807, 2.05) is 30.3 Å². The van der Waals surface area contributed by atoms with Crippen LogP contribution in [0.25, 0.3) is 6.08 Å². The molecule has 1 aliphatic heterocycles. The van der Waals surface area contributed by atoms with Gasteiger partial charge in [0.2, 0.25) is 0 Å². The van der Waals surface area contributed by atoms with E-state index < -0.39 is 5.79 Å². The summed E-state index contributed by atoms with van der Waals surface area (Å²) in [5.41, 5.74) is 1.47. The molecule has 0 atom stereocenters. The summed E-state index contributed by atoms with van der Waals surface area (Å²) in [7, 11) is 0. The fraction of sp³-hybridized carbons (Fsp3) is 0.308. The van der Waals surface area contributed by atoms with Crippen LogP contribution in [-0.4, -0.2) is 25.3 Å². The van der Waals surface area contributed by atoms with Gasteiger partial charge >= 0.3 is 0 Å². The van der Waals surface area contributed by atoms with Gasteiger partial charge in [-0.2, -0.15) is 0 Å². The Labute approximate surface area is 94.7 Å². The lowest BCUT2D eigenvalue weighted by molar-refractivity contribution is -0.124. The number of hydrogen-bond acceptors (Lipinski definition) is 3. The molecule has 84 valence electrons. The average molecular weight is 218 g/mol. The number of aldehydes is 1. The van der Waals surface area contributed by atoms with E-state index in [9.17, 15) is 4.79 Å². The van der Waals surface area contributed by atoms with Crippen molar-refractivity contribution in [3.63, 3.8) is 0 Å². The molecule has 0 bridgehead atoms. The maximum atomic E-state index is 11.1. The van der Waals surface area contributed by atoms with Crippen LogP contribution in [0.4, 0.5) is 0 Å². The lowest BCUT2D eigenvalue weighted by atomic mass is 10.1. The minimum absolute atomic E-state index is 0.510. The van der Waals surface area contributed by atoms with Gasteiger partial charge in [-0.05, 0) is 18.6 Å². The van der Waals surface area contributed by atoms with E-state index in [1.165, 1.54) is 0 Å². The van der Waals surface area contributed by atoms with E-state index in [0.29, 0.717) is 18.8 Å². The van der Waals surface area contributed by atoms with Crippen molar-refractivity contribution in [1.29, 1.82) is 0 Å². The molecule has 0 N–H and O–H groups in total. The van der Waals surface area contributed by atoms with Crippen molar-refractivity contribution >= 4 is 12.4 Å². The third-order valence-corrected chi connectivity index (χ3v) is 2.61. The number of carbonyl (C=O) groups excluding carboxylic acids is 1.